The first kappa shape index (κ1) is 9.01. The van der Waals surface area contributed by atoms with E-state index in [-0.39, 0.29) is 0 Å². The zero-order chi connectivity index (χ0) is 7.98. The molecule has 10 heavy (non-hydrogen) atoms. The minimum absolute atomic E-state index is 0.593. The fraction of sp³-hybridized carbons (Fsp3) is 0.571. The summed E-state index contributed by atoms with van der Waals surface area (Å²) in [6.45, 7) is 5.88. The summed E-state index contributed by atoms with van der Waals surface area (Å²) in [6, 6.07) is 0. The molecule has 0 radical (unpaired) electrons. The highest BCUT2D eigenvalue weighted by Gasteiger charge is 1.93. The molecular weight excluding hydrogens is 132 g/mol. The Balaban J connectivity index is 0.000000371. The lowest BCUT2D eigenvalue weighted by atomic mass is 10.4. The van der Waals surface area contributed by atoms with Gasteiger partial charge < -0.3 is 8.83 Å². The van der Waals surface area contributed by atoms with Gasteiger partial charge in [0.05, 0.1) is 0 Å². The summed E-state index contributed by atoms with van der Waals surface area (Å²) in [4.78, 5) is 10.1. The molecule has 1 rings (SSSR count). The summed E-state index contributed by atoms with van der Waals surface area (Å²) in [5.74, 6) is -0.0307. The van der Waals surface area contributed by atoms with Gasteiger partial charge in [0.25, 0.3) is 0 Å². The van der Waals surface area contributed by atoms with Crippen molar-refractivity contribution in [2.45, 2.75) is 27.2 Å². The van der Waals surface area contributed by atoms with Crippen LogP contribution < -0.4 is 5.82 Å². The minimum atomic E-state index is -0.623. The van der Waals surface area contributed by atoms with Gasteiger partial charge in [0, 0.05) is 6.42 Å². The highest BCUT2D eigenvalue weighted by Crippen LogP contribution is 1.93. The van der Waals surface area contributed by atoms with Crippen molar-refractivity contribution in [1.29, 1.82) is 0 Å². The van der Waals surface area contributed by atoms with Crippen molar-refractivity contribution in [3.8, 4) is 0 Å². The molecule has 0 aliphatic carbocycles. The molecule has 0 aliphatic rings. The molecule has 1 aromatic heterocycles. The van der Waals surface area contributed by atoms with E-state index in [0.29, 0.717) is 12.2 Å². The van der Waals surface area contributed by atoms with Crippen LogP contribution in [0, 0.1) is 0 Å². The molecule has 1 heterocycles. The molecular formula is C7H12O3. The van der Waals surface area contributed by atoms with Gasteiger partial charge in [-0.3, -0.25) is 0 Å². The quantitative estimate of drug-likeness (QED) is 0.603. The van der Waals surface area contributed by atoms with Crippen LogP contribution in [0.4, 0.5) is 0 Å². The lowest BCUT2D eigenvalue weighted by Crippen LogP contribution is -1.85. The first-order valence-electron chi connectivity index (χ1n) is 3.40. The Morgan fingerprint density at radius 1 is 1.50 bits per heavy atom. The molecule has 1 aromatic rings. The normalized spacial score (nSPS) is 8.30. The standard InChI is InChI=1S/C5H6O3.C2H6/c1-2-4-3-7-5(6)8-4;1-2/h3H,2H2,1H3;1-2H3. The van der Waals surface area contributed by atoms with Crippen molar-refractivity contribution in [1.82, 2.24) is 0 Å². The Bertz CT molecular complexity index is 209. The van der Waals surface area contributed by atoms with Crippen molar-refractivity contribution < 1.29 is 8.83 Å². The molecule has 0 amide bonds. The SMILES string of the molecule is CC.CCc1coc(=O)o1. The molecule has 3 heteroatoms. The molecule has 3 nitrogen and oxygen atoms in total. The molecule has 0 saturated carbocycles. The third-order valence-corrected chi connectivity index (χ3v) is 0.849. The molecule has 0 N–H and O–H groups in total. The smallest absolute Gasteiger partial charge is 0.399 e. The van der Waals surface area contributed by atoms with Crippen LogP contribution in [0.5, 0.6) is 0 Å². The first-order valence-corrected chi connectivity index (χ1v) is 3.40. The Kier molecular flexibility index (Phi) is 4.37. The average Bonchev–Trinajstić information content (AvgIpc) is 2.40. The maximum atomic E-state index is 10.1. The van der Waals surface area contributed by atoms with E-state index in [9.17, 15) is 4.79 Å². The van der Waals surface area contributed by atoms with E-state index in [0.717, 1.165) is 0 Å². The second kappa shape index (κ2) is 4.85. The zero-order valence-corrected chi connectivity index (χ0v) is 6.51. The number of aryl methyl sites for hydroxylation is 1. The highest BCUT2D eigenvalue weighted by atomic mass is 16.6. The van der Waals surface area contributed by atoms with Crippen LogP contribution in [0.3, 0.4) is 0 Å². The van der Waals surface area contributed by atoms with Gasteiger partial charge in [-0.05, 0) is 0 Å². The second-order valence-electron chi connectivity index (χ2n) is 1.41. The largest absolute Gasteiger partial charge is 0.518 e. The number of hydrogen-bond acceptors (Lipinski definition) is 3. The Hall–Kier alpha value is -0.990. The van der Waals surface area contributed by atoms with E-state index in [2.05, 4.69) is 8.83 Å². The minimum Gasteiger partial charge on any atom is -0.399 e. The van der Waals surface area contributed by atoms with Gasteiger partial charge in [0.2, 0.25) is 0 Å². The molecule has 0 unspecified atom stereocenters. The predicted octanol–water partition coefficient (Wildman–Crippen LogP) is 1.82. The van der Waals surface area contributed by atoms with Gasteiger partial charge in [-0.25, -0.2) is 4.79 Å². The molecule has 0 aromatic carbocycles. The zero-order valence-electron chi connectivity index (χ0n) is 6.51. The van der Waals surface area contributed by atoms with E-state index >= 15 is 0 Å². The molecule has 58 valence electrons. The van der Waals surface area contributed by atoms with Crippen LogP contribution in [0.1, 0.15) is 26.5 Å². The maximum Gasteiger partial charge on any atom is 0.518 e. The van der Waals surface area contributed by atoms with E-state index in [1.165, 1.54) is 6.26 Å². The summed E-state index contributed by atoms with van der Waals surface area (Å²) < 4.78 is 8.84. The van der Waals surface area contributed by atoms with Crippen LogP contribution in [0.15, 0.2) is 19.9 Å². The van der Waals surface area contributed by atoms with Gasteiger partial charge >= 0.3 is 5.82 Å². The van der Waals surface area contributed by atoms with E-state index in [1.807, 2.05) is 20.8 Å². The Morgan fingerprint density at radius 2 is 2.10 bits per heavy atom. The van der Waals surface area contributed by atoms with Crippen molar-refractivity contribution >= 4 is 0 Å². The second-order valence-corrected chi connectivity index (χ2v) is 1.41. The van der Waals surface area contributed by atoms with Crippen LogP contribution >= 0.6 is 0 Å². The molecule has 0 bridgehead atoms. The Morgan fingerprint density at radius 3 is 2.30 bits per heavy atom. The van der Waals surface area contributed by atoms with E-state index in [1.54, 1.807) is 0 Å². The molecule has 0 fully saturated rings. The van der Waals surface area contributed by atoms with Crippen LogP contribution in [0.25, 0.3) is 0 Å². The summed E-state index contributed by atoms with van der Waals surface area (Å²) in [5, 5.41) is 0. The van der Waals surface area contributed by atoms with Gasteiger partial charge in [-0.2, -0.15) is 0 Å². The topological polar surface area (TPSA) is 43.4 Å². The van der Waals surface area contributed by atoms with Gasteiger partial charge in [0.1, 0.15) is 12.0 Å². The fourth-order valence-corrected chi connectivity index (χ4v) is 0.424. The molecule has 0 spiro atoms. The summed E-state index contributed by atoms with van der Waals surface area (Å²) in [5.41, 5.74) is 0. The fourth-order valence-electron chi connectivity index (χ4n) is 0.424. The van der Waals surface area contributed by atoms with Crippen molar-refractivity contribution in [3.05, 3.63) is 22.6 Å². The average molecular weight is 144 g/mol. The summed E-state index contributed by atoms with van der Waals surface area (Å²) >= 11 is 0. The van der Waals surface area contributed by atoms with Crippen molar-refractivity contribution in [2.75, 3.05) is 0 Å². The molecule has 0 saturated heterocycles. The molecule has 0 atom stereocenters. The Labute approximate surface area is 59.7 Å². The lowest BCUT2D eigenvalue weighted by Gasteiger charge is -1.74. The first-order chi connectivity index (χ1) is 4.83. The third kappa shape index (κ3) is 2.53. The van der Waals surface area contributed by atoms with Gasteiger partial charge in [0.15, 0.2) is 0 Å². The summed E-state index contributed by atoms with van der Waals surface area (Å²) in [7, 11) is 0. The van der Waals surface area contributed by atoms with Gasteiger partial charge in [-0.15, -0.1) is 0 Å². The van der Waals surface area contributed by atoms with E-state index in [4.69, 9.17) is 0 Å². The van der Waals surface area contributed by atoms with Crippen molar-refractivity contribution in [3.63, 3.8) is 0 Å². The van der Waals surface area contributed by atoms with Crippen LogP contribution in [-0.2, 0) is 6.42 Å². The lowest BCUT2D eigenvalue weighted by molar-refractivity contribution is 0.375. The summed E-state index contributed by atoms with van der Waals surface area (Å²) in [6.07, 6.45) is 2.02. The third-order valence-electron chi connectivity index (χ3n) is 0.849. The van der Waals surface area contributed by atoms with Crippen molar-refractivity contribution in [2.24, 2.45) is 0 Å². The van der Waals surface area contributed by atoms with Crippen LogP contribution in [-0.4, -0.2) is 0 Å². The molecule has 0 aliphatic heterocycles. The maximum absolute atomic E-state index is 10.1. The monoisotopic (exact) mass is 144 g/mol. The predicted molar refractivity (Wildman–Crippen MR) is 38.0 cm³/mol. The van der Waals surface area contributed by atoms with Crippen LogP contribution in [0.2, 0.25) is 0 Å². The highest BCUT2D eigenvalue weighted by molar-refractivity contribution is 4.82. The number of rotatable bonds is 1. The number of hydrogen-bond donors (Lipinski definition) is 0. The van der Waals surface area contributed by atoms with E-state index < -0.39 is 5.82 Å². The van der Waals surface area contributed by atoms with Gasteiger partial charge in [-0.1, -0.05) is 20.8 Å².